The fraction of sp³-hybridized carbons (Fsp3) is 0. The van der Waals surface area contributed by atoms with Gasteiger partial charge in [0.05, 0.1) is 5.52 Å². The zero-order chi connectivity index (χ0) is 9.26. The van der Waals surface area contributed by atoms with Gasteiger partial charge in [0, 0.05) is 6.20 Å². The van der Waals surface area contributed by atoms with E-state index in [1.807, 2.05) is 6.07 Å². The van der Waals surface area contributed by atoms with Crippen molar-refractivity contribution in [3.8, 4) is 0 Å². The molecule has 6 nitrogen and oxygen atoms in total. The number of amidine groups is 1. The van der Waals surface area contributed by atoms with E-state index in [-0.39, 0.29) is 5.84 Å². The fourth-order valence-electron chi connectivity index (χ4n) is 1.01. The normalized spacial score (nSPS) is 12.2. The summed E-state index contributed by atoms with van der Waals surface area (Å²) in [6.45, 7) is 0. The number of nitrogens with one attached hydrogen (secondary N) is 1. The fourth-order valence-corrected chi connectivity index (χ4v) is 1.01. The van der Waals surface area contributed by atoms with Crippen molar-refractivity contribution in [2.75, 3.05) is 0 Å². The summed E-state index contributed by atoms with van der Waals surface area (Å²) in [6, 6.07) is 3.58. The smallest absolute Gasteiger partial charge is 0.206 e. The maximum atomic E-state index is 8.40. The van der Waals surface area contributed by atoms with Crippen LogP contribution in [0.15, 0.2) is 23.5 Å². The summed E-state index contributed by atoms with van der Waals surface area (Å²) in [5.41, 5.74) is 6.64. The number of pyridine rings is 1. The van der Waals surface area contributed by atoms with Crippen molar-refractivity contribution in [2.45, 2.75) is 0 Å². The topological polar surface area (TPSA) is 100 Å². The number of nitrogens with two attached hydrogens (primary N) is 1. The van der Waals surface area contributed by atoms with Gasteiger partial charge in [-0.05, 0) is 12.1 Å². The highest BCUT2D eigenvalue weighted by Gasteiger charge is 2.05. The highest BCUT2D eigenvalue weighted by molar-refractivity contribution is 5.95. The number of oxime groups is 1. The molecule has 0 saturated heterocycles. The molecular weight excluding hydrogens is 170 g/mol. The molecule has 0 aliphatic rings. The van der Waals surface area contributed by atoms with Crippen LogP contribution in [-0.4, -0.2) is 26.0 Å². The quantitative estimate of drug-likeness (QED) is 0.248. The summed E-state index contributed by atoms with van der Waals surface area (Å²) in [6.07, 6.45) is 1.62. The van der Waals surface area contributed by atoms with Gasteiger partial charge in [-0.25, -0.2) is 9.97 Å². The molecule has 2 aromatic heterocycles. The molecule has 0 amide bonds. The van der Waals surface area contributed by atoms with Crippen LogP contribution in [0.2, 0.25) is 0 Å². The number of nitrogens with zero attached hydrogens (tertiary/aromatic N) is 3. The van der Waals surface area contributed by atoms with Crippen molar-refractivity contribution in [1.29, 1.82) is 0 Å². The zero-order valence-electron chi connectivity index (χ0n) is 6.60. The lowest BCUT2D eigenvalue weighted by molar-refractivity contribution is 0.318. The van der Waals surface area contributed by atoms with E-state index < -0.39 is 0 Å². The maximum absolute atomic E-state index is 8.40. The van der Waals surface area contributed by atoms with Gasteiger partial charge in [0.1, 0.15) is 0 Å². The van der Waals surface area contributed by atoms with Gasteiger partial charge in [0.25, 0.3) is 0 Å². The molecule has 66 valence electrons. The van der Waals surface area contributed by atoms with Crippen LogP contribution in [-0.2, 0) is 0 Å². The lowest BCUT2D eigenvalue weighted by Crippen LogP contribution is -2.14. The van der Waals surface area contributed by atoms with Gasteiger partial charge in [0.2, 0.25) is 5.84 Å². The highest BCUT2D eigenvalue weighted by Crippen LogP contribution is 2.06. The third kappa shape index (κ3) is 1.18. The standard InChI is InChI=1S/C7H7N5O/c8-5(12-13)7-10-4-2-1-3-9-6(4)11-7/h1-3,13H,(H2,8,12)(H,9,10,11). The summed E-state index contributed by atoms with van der Waals surface area (Å²) in [7, 11) is 0. The van der Waals surface area contributed by atoms with Crippen LogP contribution in [0.25, 0.3) is 11.2 Å². The van der Waals surface area contributed by atoms with Crippen LogP contribution >= 0.6 is 0 Å². The molecule has 0 aliphatic carbocycles. The molecule has 6 heteroatoms. The Kier molecular flexibility index (Phi) is 1.59. The molecule has 0 aliphatic heterocycles. The van der Waals surface area contributed by atoms with Crippen LogP contribution in [0.4, 0.5) is 0 Å². The largest absolute Gasteiger partial charge is 0.409 e. The van der Waals surface area contributed by atoms with E-state index in [4.69, 9.17) is 10.9 Å². The summed E-state index contributed by atoms with van der Waals surface area (Å²) in [4.78, 5) is 10.8. The number of fused-ring (bicyclic) bond motifs is 1. The van der Waals surface area contributed by atoms with E-state index >= 15 is 0 Å². The first-order valence-corrected chi connectivity index (χ1v) is 3.60. The summed E-state index contributed by atoms with van der Waals surface area (Å²) >= 11 is 0. The molecule has 0 saturated carbocycles. The van der Waals surface area contributed by atoms with E-state index in [1.54, 1.807) is 12.3 Å². The van der Waals surface area contributed by atoms with Crippen LogP contribution in [0, 0.1) is 0 Å². The second-order valence-corrected chi connectivity index (χ2v) is 2.45. The first kappa shape index (κ1) is 7.53. The molecule has 0 spiro atoms. The number of aromatic nitrogens is 3. The lowest BCUT2D eigenvalue weighted by atomic mass is 10.4. The van der Waals surface area contributed by atoms with Crippen molar-refractivity contribution in [3.63, 3.8) is 0 Å². The molecule has 13 heavy (non-hydrogen) atoms. The lowest BCUT2D eigenvalue weighted by Gasteiger charge is -1.87. The van der Waals surface area contributed by atoms with Crippen LogP contribution < -0.4 is 5.73 Å². The van der Waals surface area contributed by atoms with Crippen molar-refractivity contribution in [1.82, 2.24) is 15.0 Å². The summed E-state index contributed by atoms with van der Waals surface area (Å²) < 4.78 is 0. The average molecular weight is 177 g/mol. The van der Waals surface area contributed by atoms with Gasteiger partial charge in [-0.2, -0.15) is 0 Å². The molecule has 2 rings (SSSR count). The Morgan fingerprint density at radius 1 is 1.62 bits per heavy atom. The van der Waals surface area contributed by atoms with Gasteiger partial charge in [0.15, 0.2) is 11.5 Å². The van der Waals surface area contributed by atoms with Crippen molar-refractivity contribution in [2.24, 2.45) is 10.9 Å². The molecule has 0 aromatic carbocycles. The third-order valence-electron chi connectivity index (χ3n) is 1.61. The minimum Gasteiger partial charge on any atom is -0.409 e. The van der Waals surface area contributed by atoms with E-state index in [0.717, 1.165) is 5.52 Å². The van der Waals surface area contributed by atoms with E-state index in [0.29, 0.717) is 11.5 Å². The predicted octanol–water partition coefficient (Wildman–Crippen LogP) is 0.0524. The van der Waals surface area contributed by atoms with Gasteiger partial charge < -0.3 is 15.9 Å². The number of hydrogen-bond acceptors (Lipinski definition) is 4. The van der Waals surface area contributed by atoms with Gasteiger partial charge >= 0.3 is 0 Å². The first-order chi connectivity index (χ1) is 6.31. The summed E-state index contributed by atoms with van der Waals surface area (Å²) in [5.74, 6) is 0.259. The molecule has 0 atom stereocenters. The molecule has 0 fully saturated rings. The molecule has 4 N–H and O–H groups in total. The third-order valence-corrected chi connectivity index (χ3v) is 1.61. The Balaban J connectivity index is 2.62. The van der Waals surface area contributed by atoms with Crippen molar-refractivity contribution in [3.05, 3.63) is 24.2 Å². The second kappa shape index (κ2) is 2.74. The predicted molar refractivity (Wildman–Crippen MR) is 46.4 cm³/mol. The Morgan fingerprint density at radius 2 is 2.46 bits per heavy atom. The summed E-state index contributed by atoms with van der Waals surface area (Å²) in [5, 5.41) is 11.2. The second-order valence-electron chi connectivity index (χ2n) is 2.45. The Bertz CT molecular complexity index is 428. The van der Waals surface area contributed by atoms with E-state index in [1.165, 1.54) is 0 Å². The molecule has 2 aromatic rings. The number of hydrogen-bond donors (Lipinski definition) is 3. The van der Waals surface area contributed by atoms with Gasteiger partial charge in [-0.3, -0.25) is 0 Å². The molecular formula is C7H7N5O. The van der Waals surface area contributed by atoms with Crippen molar-refractivity contribution < 1.29 is 5.21 Å². The number of imidazole rings is 1. The number of rotatable bonds is 1. The highest BCUT2D eigenvalue weighted by atomic mass is 16.4. The Hall–Kier alpha value is -2.11. The van der Waals surface area contributed by atoms with E-state index in [2.05, 4.69) is 20.1 Å². The Morgan fingerprint density at radius 3 is 3.15 bits per heavy atom. The maximum Gasteiger partial charge on any atom is 0.206 e. The van der Waals surface area contributed by atoms with Crippen LogP contribution in [0.1, 0.15) is 5.82 Å². The number of H-pyrrole nitrogens is 1. The minimum atomic E-state index is -0.0574. The number of aromatic amines is 1. The van der Waals surface area contributed by atoms with Crippen LogP contribution in [0.5, 0.6) is 0 Å². The van der Waals surface area contributed by atoms with Crippen LogP contribution in [0.3, 0.4) is 0 Å². The van der Waals surface area contributed by atoms with Gasteiger partial charge in [-0.15, -0.1) is 0 Å². The van der Waals surface area contributed by atoms with Gasteiger partial charge in [-0.1, -0.05) is 5.16 Å². The first-order valence-electron chi connectivity index (χ1n) is 3.60. The SMILES string of the molecule is N/C(=N\O)c1nc2ncccc2[nH]1. The monoisotopic (exact) mass is 177 g/mol. The zero-order valence-corrected chi connectivity index (χ0v) is 6.60. The molecule has 0 radical (unpaired) electrons. The molecule has 0 bridgehead atoms. The minimum absolute atomic E-state index is 0.0574. The van der Waals surface area contributed by atoms with Crippen molar-refractivity contribution >= 4 is 17.0 Å². The van der Waals surface area contributed by atoms with E-state index in [9.17, 15) is 0 Å². The Labute approximate surface area is 73.1 Å². The molecule has 0 unspecified atom stereocenters. The average Bonchev–Trinajstić information content (AvgIpc) is 2.59. The molecule has 2 heterocycles.